The molecule has 3 atom stereocenters. The molecule has 1 aliphatic heterocycles. The maximum Gasteiger partial charge on any atom is 0.415 e. The summed E-state index contributed by atoms with van der Waals surface area (Å²) >= 11 is 5.96. The molecule has 3 aromatic rings. The Morgan fingerprint density at radius 2 is 1.57 bits per heavy atom. The fraction of sp³-hybridized carbons (Fsp3) is 0.344. The molecule has 2 N–H and O–H groups in total. The zero-order chi connectivity index (χ0) is 30.6. The number of amides is 3. The van der Waals surface area contributed by atoms with Gasteiger partial charge in [-0.2, -0.15) is 0 Å². The average Bonchev–Trinajstić information content (AvgIpc) is 3.27. The van der Waals surface area contributed by atoms with Gasteiger partial charge in [-0.15, -0.1) is 0 Å². The number of carboxylic acid groups (broad SMARTS) is 1. The van der Waals surface area contributed by atoms with Crippen molar-refractivity contribution < 1.29 is 29.0 Å². The van der Waals surface area contributed by atoms with Crippen molar-refractivity contribution >= 4 is 35.4 Å². The summed E-state index contributed by atoms with van der Waals surface area (Å²) in [6.07, 6.45) is -2.47. The summed E-state index contributed by atoms with van der Waals surface area (Å²) in [5, 5.41) is 13.4. The maximum atomic E-state index is 13.4. The molecule has 9 nitrogen and oxygen atoms in total. The molecule has 4 rings (SSSR count). The Kier molecular flexibility index (Phi) is 9.31. The largest absolute Gasteiger partial charge is 0.465 e. The van der Waals surface area contributed by atoms with Crippen molar-refractivity contribution in [2.75, 3.05) is 11.4 Å². The van der Waals surface area contributed by atoms with Gasteiger partial charge in [0.25, 0.3) is 0 Å². The van der Waals surface area contributed by atoms with Gasteiger partial charge >= 0.3 is 12.2 Å². The van der Waals surface area contributed by atoms with Crippen molar-refractivity contribution in [3.05, 3.63) is 89.4 Å². The van der Waals surface area contributed by atoms with Crippen LogP contribution in [-0.4, -0.2) is 52.3 Å². The minimum Gasteiger partial charge on any atom is -0.465 e. The molecule has 0 bridgehead atoms. The number of carbonyl (C=O) groups excluding carboxylic acids is 2. The van der Waals surface area contributed by atoms with Crippen LogP contribution in [0.5, 0.6) is 11.5 Å². The number of cyclic esters (lactones) is 1. The summed E-state index contributed by atoms with van der Waals surface area (Å²) in [7, 11) is 0. The second-order valence-corrected chi connectivity index (χ2v) is 11.9. The lowest BCUT2D eigenvalue weighted by atomic mass is 9.95. The standard InChI is InChI=1S/C32H36ClN3O6/c1-20(2)27(36(30(38)39)32(3,4)5)29(37)34-19-26-28(21-9-7-6-8-10-21)35(31(40)42-26)23-13-17-25(18-14-23)41-24-15-11-22(33)12-16-24/h6-18,20,26-28H,19H2,1-5H3,(H,34,37)(H,38,39)/t26-,27+,28-/m0/s1. The van der Waals surface area contributed by atoms with E-state index in [0.717, 1.165) is 5.56 Å². The van der Waals surface area contributed by atoms with Gasteiger partial charge in [0.15, 0.2) is 0 Å². The quantitative estimate of drug-likeness (QED) is 0.273. The highest BCUT2D eigenvalue weighted by molar-refractivity contribution is 6.30. The minimum atomic E-state index is -1.18. The lowest BCUT2D eigenvalue weighted by molar-refractivity contribution is -0.129. The fourth-order valence-corrected chi connectivity index (χ4v) is 5.25. The van der Waals surface area contributed by atoms with Crippen molar-refractivity contribution in [3.8, 4) is 11.5 Å². The molecule has 42 heavy (non-hydrogen) atoms. The molecule has 10 heteroatoms. The van der Waals surface area contributed by atoms with Gasteiger partial charge in [0, 0.05) is 16.2 Å². The summed E-state index contributed by atoms with van der Waals surface area (Å²) in [6.45, 7) is 8.85. The molecule has 1 heterocycles. The minimum absolute atomic E-state index is 0.000776. The molecule has 0 aromatic heterocycles. The van der Waals surface area contributed by atoms with Crippen molar-refractivity contribution in [3.63, 3.8) is 0 Å². The lowest BCUT2D eigenvalue weighted by Gasteiger charge is -2.40. The van der Waals surface area contributed by atoms with Crippen LogP contribution in [0.2, 0.25) is 5.02 Å². The number of anilines is 1. The first kappa shape index (κ1) is 30.7. The highest BCUT2D eigenvalue weighted by atomic mass is 35.5. The second kappa shape index (κ2) is 12.7. The van der Waals surface area contributed by atoms with Crippen molar-refractivity contribution in [2.24, 2.45) is 5.92 Å². The summed E-state index contributed by atoms with van der Waals surface area (Å²) in [5.41, 5.74) is 0.618. The summed E-state index contributed by atoms with van der Waals surface area (Å²) in [5.74, 6) is 0.461. The molecule has 222 valence electrons. The molecule has 0 unspecified atom stereocenters. The monoisotopic (exact) mass is 593 g/mol. The number of hydrogen-bond acceptors (Lipinski definition) is 5. The number of carbonyl (C=O) groups is 3. The van der Waals surface area contributed by atoms with Crippen LogP contribution in [0.25, 0.3) is 0 Å². The van der Waals surface area contributed by atoms with E-state index in [2.05, 4.69) is 5.32 Å². The predicted molar refractivity (Wildman–Crippen MR) is 161 cm³/mol. The van der Waals surface area contributed by atoms with Gasteiger partial charge in [0.2, 0.25) is 5.91 Å². The van der Waals surface area contributed by atoms with Crippen molar-refractivity contribution in [1.82, 2.24) is 10.2 Å². The predicted octanol–water partition coefficient (Wildman–Crippen LogP) is 7.12. The Morgan fingerprint density at radius 3 is 2.10 bits per heavy atom. The Balaban J connectivity index is 1.56. The number of ether oxygens (including phenoxy) is 2. The molecule has 0 radical (unpaired) electrons. The fourth-order valence-electron chi connectivity index (χ4n) is 5.12. The SMILES string of the molecule is CC(C)[C@H](C(=O)NC[C@@H]1OC(=O)N(c2ccc(Oc3ccc(Cl)cc3)cc2)[C@H]1c1ccccc1)N(C(=O)O)C(C)(C)C. The van der Waals surface area contributed by atoms with Crippen LogP contribution in [-0.2, 0) is 9.53 Å². The van der Waals surface area contributed by atoms with Gasteiger partial charge in [0.1, 0.15) is 29.7 Å². The Morgan fingerprint density at radius 1 is 1.00 bits per heavy atom. The topological polar surface area (TPSA) is 108 Å². The van der Waals surface area contributed by atoms with E-state index >= 15 is 0 Å². The lowest BCUT2D eigenvalue weighted by Crippen LogP contribution is -2.59. The van der Waals surface area contributed by atoms with Gasteiger partial charge in [-0.1, -0.05) is 55.8 Å². The Hall–Kier alpha value is -4.24. The first-order chi connectivity index (χ1) is 19.9. The van der Waals surface area contributed by atoms with Crippen LogP contribution >= 0.6 is 11.6 Å². The number of rotatable bonds is 9. The molecule has 1 aliphatic rings. The van der Waals surface area contributed by atoms with Crippen LogP contribution in [0.4, 0.5) is 15.3 Å². The third kappa shape index (κ3) is 6.97. The molecule has 1 saturated heterocycles. The van der Waals surface area contributed by atoms with Gasteiger partial charge in [-0.3, -0.25) is 14.6 Å². The summed E-state index contributed by atoms with van der Waals surface area (Å²) in [6, 6.07) is 22.0. The summed E-state index contributed by atoms with van der Waals surface area (Å²) < 4.78 is 11.7. The number of nitrogens with zero attached hydrogens (tertiary/aromatic N) is 2. The molecule has 0 aliphatic carbocycles. The van der Waals surface area contributed by atoms with Crippen molar-refractivity contribution in [2.45, 2.75) is 58.3 Å². The van der Waals surface area contributed by atoms with E-state index in [4.69, 9.17) is 21.1 Å². The highest BCUT2D eigenvalue weighted by Crippen LogP contribution is 2.38. The Bertz CT molecular complexity index is 1390. The van der Waals surface area contributed by atoms with Crippen LogP contribution in [0.15, 0.2) is 78.9 Å². The number of benzene rings is 3. The van der Waals surface area contributed by atoms with E-state index in [9.17, 15) is 19.5 Å². The third-order valence-electron chi connectivity index (χ3n) is 6.97. The molecule has 0 saturated carbocycles. The zero-order valence-electron chi connectivity index (χ0n) is 24.3. The first-order valence-electron chi connectivity index (χ1n) is 13.7. The van der Waals surface area contributed by atoms with Crippen LogP contribution < -0.4 is 15.0 Å². The molecule has 0 spiro atoms. The molecule has 3 aromatic carbocycles. The zero-order valence-corrected chi connectivity index (χ0v) is 25.0. The van der Waals surface area contributed by atoms with E-state index in [0.29, 0.717) is 22.2 Å². The van der Waals surface area contributed by atoms with Gasteiger partial charge < -0.3 is 19.9 Å². The third-order valence-corrected chi connectivity index (χ3v) is 7.22. The molecule has 1 fully saturated rings. The smallest absolute Gasteiger partial charge is 0.415 e. The Labute approximate surface area is 251 Å². The molecular formula is C32H36ClN3O6. The number of nitrogens with one attached hydrogen (secondary N) is 1. The van der Waals surface area contributed by atoms with E-state index in [1.165, 1.54) is 4.90 Å². The van der Waals surface area contributed by atoms with E-state index in [1.807, 2.05) is 30.3 Å². The molecule has 3 amide bonds. The maximum absolute atomic E-state index is 13.4. The number of halogens is 1. The number of hydrogen-bond donors (Lipinski definition) is 2. The first-order valence-corrected chi connectivity index (χ1v) is 14.1. The van der Waals surface area contributed by atoms with Crippen LogP contribution in [0, 0.1) is 5.92 Å². The van der Waals surface area contributed by atoms with Gasteiger partial charge in [-0.05, 0) is 80.8 Å². The normalized spacial score (nSPS) is 17.5. The van der Waals surface area contributed by atoms with Crippen molar-refractivity contribution in [1.29, 1.82) is 0 Å². The second-order valence-electron chi connectivity index (χ2n) is 11.5. The van der Waals surface area contributed by atoms with Gasteiger partial charge in [-0.25, -0.2) is 9.59 Å². The van der Waals surface area contributed by atoms with E-state index < -0.39 is 41.8 Å². The van der Waals surface area contributed by atoms with Gasteiger partial charge in [0.05, 0.1) is 6.54 Å². The average molecular weight is 594 g/mol. The van der Waals surface area contributed by atoms with E-state index in [-0.39, 0.29) is 12.5 Å². The van der Waals surface area contributed by atoms with Crippen LogP contribution in [0.3, 0.4) is 0 Å². The van der Waals surface area contributed by atoms with E-state index in [1.54, 1.807) is 88.0 Å². The summed E-state index contributed by atoms with van der Waals surface area (Å²) in [4.78, 5) is 41.5. The highest BCUT2D eigenvalue weighted by Gasteiger charge is 2.45. The molecular weight excluding hydrogens is 558 g/mol. The van der Waals surface area contributed by atoms with Crippen LogP contribution in [0.1, 0.15) is 46.2 Å².